The third kappa shape index (κ3) is 6.43. The zero-order valence-electron chi connectivity index (χ0n) is 20.0. The van der Waals surface area contributed by atoms with Crippen molar-refractivity contribution in [2.24, 2.45) is 0 Å². The van der Waals surface area contributed by atoms with E-state index in [0.29, 0.717) is 57.7 Å². The first kappa shape index (κ1) is 25.9. The Morgan fingerprint density at radius 1 is 1.18 bits per heavy atom. The molecule has 0 atom stereocenters. The molecule has 186 valence electrons. The highest BCUT2D eigenvalue weighted by Crippen LogP contribution is 2.27. The van der Waals surface area contributed by atoms with Crippen LogP contribution in [0.15, 0.2) is 40.3 Å². The molecule has 0 aliphatic carbocycles. The molecule has 0 radical (unpaired) electrons. The van der Waals surface area contributed by atoms with Gasteiger partial charge in [-0.3, -0.25) is 9.69 Å². The van der Waals surface area contributed by atoms with Crippen LogP contribution in [-0.2, 0) is 19.4 Å². The highest BCUT2D eigenvalue weighted by Gasteiger charge is 2.25. The van der Waals surface area contributed by atoms with E-state index < -0.39 is 9.84 Å². The minimum Gasteiger partial charge on any atom is -0.385 e. The normalized spacial score (nSPS) is 15.0. The number of carbonyl (C=O) groups excluding carboxylic acids is 1. The Morgan fingerprint density at radius 3 is 2.44 bits per heavy atom. The number of nitrogens with zero attached hydrogens (tertiary/aromatic N) is 4. The van der Waals surface area contributed by atoms with Crippen molar-refractivity contribution in [3.8, 4) is 0 Å². The van der Waals surface area contributed by atoms with Gasteiger partial charge in [0.2, 0.25) is 21.7 Å². The Labute approximate surface area is 201 Å². The molecule has 1 aromatic heterocycles. The maximum atomic E-state index is 13.1. The van der Waals surface area contributed by atoms with Crippen LogP contribution in [0, 0.1) is 0 Å². The third-order valence-electron chi connectivity index (χ3n) is 5.79. The second-order valence-corrected chi connectivity index (χ2v) is 10.5. The van der Waals surface area contributed by atoms with E-state index in [0.717, 1.165) is 12.0 Å². The molecular formula is C23H34N6O4S. The van der Waals surface area contributed by atoms with Crippen molar-refractivity contribution in [2.45, 2.75) is 36.0 Å². The number of piperazine rings is 1. The van der Waals surface area contributed by atoms with Gasteiger partial charge >= 0.3 is 0 Å². The van der Waals surface area contributed by atoms with Crippen molar-refractivity contribution in [1.82, 2.24) is 20.2 Å². The number of carbonyl (C=O) groups is 1. The molecule has 1 aliphatic rings. The summed E-state index contributed by atoms with van der Waals surface area (Å²) in [6.45, 7) is 8.19. The molecule has 1 amide bonds. The van der Waals surface area contributed by atoms with Crippen LogP contribution in [0.4, 0.5) is 11.8 Å². The summed E-state index contributed by atoms with van der Waals surface area (Å²) in [6, 6.07) is 6.79. The number of benzene rings is 1. The van der Waals surface area contributed by atoms with Gasteiger partial charge in [0, 0.05) is 46.4 Å². The number of ether oxygens (including phenoxy) is 1. The Hall–Kier alpha value is -2.76. The van der Waals surface area contributed by atoms with Crippen molar-refractivity contribution in [2.75, 3.05) is 63.6 Å². The monoisotopic (exact) mass is 490 g/mol. The maximum Gasteiger partial charge on any atom is 0.234 e. The zero-order chi connectivity index (χ0) is 24.7. The lowest BCUT2D eigenvalue weighted by atomic mass is 10.0. The molecule has 0 spiro atoms. The van der Waals surface area contributed by atoms with Crippen molar-refractivity contribution in [3.05, 3.63) is 36.0 Å². The van der Waals surface area contributed by atoms with E-state index in [4.69, 9.17) is 10.5 Å². The molecule has 10 nitrogen and oxygen atoms in total. The van der Waals surface area contributed by atoms with Gasteiger partial charge < -0.3 is 20.7 Å². The van der Waals surface area contributed by atoms with Gasteiger partial charge in [0.1, 0.15) is 10.7 Å². The van der Waals surface area contributed by atoms with Crippen LogP contribution in [0.3, 0.4) is 0 Å². The van der Waals surface area contributed by atoms with Gasteiger partial charge in [-0.25, -0.2) is 13.4 Å². The number of hydrogen-bond acceptors (Lipinski definition) is 9. The summed E-state index contributed by atoms with van der Waals surface area (Å²) in [5.41, 5.74) is 7.12. The lowest BCUT2D eigenvalue weighted by molar-refractivity contribution is -0.122. The molecule has 2 heterocycles. The number of sulfone groups is 1. The molecule has 0 saturated carbocycles. The molecule has 3 N–H and O–H groups in total. The molecule has 1 saturated heterocycles. The van der Waals surface area contributed by atoms with Crippen LogP contribution in [0.2, 0.25) is 0 Å². The van der Waals surface area contributed by atoms with Crippen molar-refractivity contribution < 1.29 is 17.9 Å². The quantitative estimate of drug-likeness (QED) is 0.473. The molecule has 1 aliphatic heterocycles. The van der Waals surface area contributed by atoms with E-state index in [1.54, 1.807) is 19.2 Å². The summed E-state index contributed by atoms with van der Waals surface area (Å²) >= 11 is 0. The summed E-state index contributed by atoms with van der Waals surface area (Å²) in [7, 11) is -2.19. The van der Waals surface area contributed by atoms with Gasteiger partial charge in [0.15, 0.2) is 0 Å². The van der Waals surface area contributed by atoms with Gasteiger partial charge in [-0.15, -0.1) is 0 Å². The second kappa shape index (κ2) is 11.6. The predicted molar refractivity (Wildman–Crippen MR) is 131 cm³/mol. The number of hydrogen-bond donors (Lipinski definition) is 2. The predicted octanol–water partition coefficient (Wildman–Crippen LogP) is 1.29. The standard InChI is InChI=1S/C23H34N6O4S/c1-17(2)18-5-7-19(8-6-18)34(31,32)20-15-26-23(27-22(20)24)29-12-10-28(11-13-29)16-21(30)25-9-4-14-33-3/h5-8,15,17H,4,9-14,16H2,1-3H3,(H,25,30)(H2,24,26,27). The summed E-state index contributed by atoms with van der Waals surface area (Å²) in [5, 5.41) is 2.89. The van der Waals surface area contributed by atoms with Crippen LogP contribution in [0.5, 0.6) is 0 Å². The van der Waals surface area contributed by atoms with Gasteiger partial charge in [-0.1, -0.05) is 26.0 Å². The fraction of sp³-hybridized carbons (Fsp3) is 0.522. The zero-order valence-corrected chi connectivity index (χ0v) is 20.8. The average Bonchev–Trinajstić information content (AvgIpc) is 2.82. The SMILES string of the molecule is COCCCNC(=O)CN1CCN(c2ncc(S(=O)(=O)c3ccc(C(C)C)cc3)c(N)n2)CC1. The molecule has 11 heteroatoms. The fourth-order valence-corrected chi connectivity index (χ4v) is 4.96. The first-order valence-corrected chi connectivity index (χ1v) is 12.9. The number of aromatic nitrogens is 2. The topological polar surface area (TPSA) is 131 Å². The van der Waals surface area contributed by atoms with Crippen molar-refractivity contribution in [1.29, 1.82) is 0 Å². The number of nitrogens with two attached hydrogens (primary N) is 1. The molecular weight excluding hydrogens is 456 g/mol. The Morgan fingerprint density at radius 2 is 1.85 bits per heavy atom. The van der Waals surface area contributed by atoms with Gasteiger partial charge in [-0.2, -0.15) is 4.98 Å². The van der Waals surface area contributed by atoms with Crippen LogP contribution >= 0.6 is 0 Å². The highest BCUT2D eigenvalue weighted by atomic mass is 32.2. The van der Waals surface area contributed by atoms with E-state index in [-0.39, 0.29) is 21.5 Å². The number of amides is 1. The van der Waals surface area contributed by atoms with Crippen molar-refractivity contribution >= 4 is 27.5 Å². The summed E-state index contributed by atoms with van der Waals surface area (Å²) < 4.78 is 31.1. The van der Waals surface area contributed by atoms with E-state index in [1.807, 2.05) is 30.9 Å². The van der Waals surface area contributed by atoms with E-state index in [2.05, 4.69) is 20.2 Å². The number of methoxy groups -OCH3 is 1. The lowest BCUT2D eigenvalue weighted by Crippen LogP contribution is -2.50. The second-order valence-electron chi connectivity index (χ2n) is 8.61. The number of nitrogen functional groups attached to an aromatic ring is 1. The van der Waals surface area contributed by atoms with Crippen molar-refractivity contribution in [3.63, 3.8) is 0 Å². The van der Waals surface area contributed by atoms with Crippen LogP contribution in [0.25, 0.3) is 0 Å². The molecule has 1 aromatic carbocycles. The molecule has 1 fully saturated rings. The van der Waals surface area contributed by atoms with E-state index in [9.17, 15) is 13.2 Å². The minimum atomic E-state index is -3.82. The van der Waals surface area contributed by atoms with Gasteiger partial charge in [0.25, 0.3) is 0 Å². The summed E-state index contributed by atoms with van der Waals surface area (Å²) in [4.78, 5) is 24.7. The first-order chi connectivity index (χ1) is 16.2. The average molecular weight is 491 g/mol. The number of rotatable bonds is 10. The Bertz CT molecular complexity index is 1070. The third-order valence-corrected chi connectivity index (χ3v) is 7.57. The molecule has 2 aromatic rings. The molecule has 0 unspecified atom stereocenters. The summed E-state index contributed by atoms with van der Waals surface area (Å²) in [6.07, 6.45) is 2.06. The lowest BCUT2D eigenvalue weighted by Gasteiger charge is -2.34. The van der Waals surface area contributed by atoms with E-state index in [1.165, 1.54) is 6.20 Å². The maximum absolute atomic E-state index is 13.1. The van der Waals surface area contributed by atoms with Crippen LogP contribution < -0.4 is 16.0 Å². The van der Waals surface area contributed by atoms with E-state index >= 15 is 0 Å². The largest absolute Gasteiger partial charge is 0.385 e. The smallest absolute Gasteiger partial charge is 0.234 e. The summed E-state index contributed by atoms with van der Waals surface area (Å²) in [5.74, 6) is 0.604. The minimum absolute atomic E-state index is 0.0129. The highest BCUT2D eigenvalue weighted by molar-refractivity contribution is 7.91. The number of anilines is 2. The van der Waals surface area contributed by atoms with Crippen LogP contribution in [0.1, 0.15) is 31.7 Å². The Balaban J connectivity index is 1.60. The van der Waals surface area contributed by atoms with Crippen LogP contribution in [-0.4, -0.2) is 82.2 Å². The first-order valence-electron chi connectivity index (χ1n) is 11.4. The van der Waals surface area contributed by atoms with Gasteiger partial charge in [0.05, 0.1) is 17.6 Å². The number of nitrogens with one attached hydrogen (secondary N) is 1. The van der Waals surface area contributed by atoms with Gasteiger partial charge in [-0.05, 0) is 30.0 Å². The fourth-order valence-electron chi connectivity index (χ4n) is 3.70. The molecule has 34 heavy (non-hydrogen) atoms. The Kier molecular flexibility index (Phi) is 8.81. The molecule has 0 bridgehead atoms. The molecule has 3 rings (SSSR count).